The number of nitrogens with two attached hydrogens (primary N) is 1. The van der Waals surface area contributed by atoms with Crippen LogP contribution in [0.15, 0.2) is 22.6 Å². The molecule has 0 spiro atoms. The number of hydrogen-bond donors (Lipinski definition) is 2. The Morgan fingerprint density at radius 1 is 1.61 bits per heavy atom. The summed E-state index contributed by atoms with van der Waals surface area (Å²) in [6, 6.07) is 3.50. The highest BCUT2D eigenvalue weighted by Crippen LogP contribution is 2.23. The van der Waals surface area contributed by atoms with E-state index in [1.165, 1.54) is 18.2 Å². The van der Waals surface area contributed by atoms with E-state index in [0.717, 1.165) is 0 Å². The van der Waals surface area contributed by atoms with E-state index in [1.807, 2.05) is 0 Å². The zero-order valence-electron chi connectivity index (χ0n) is 9.41. The molecule has 94 valence electrons. The van der Waals surface area contributed by atoms with Crippen molar-refractivity contribution in [2.45, 2.75) is 13.0 Å². The van der Waals surface area contributed by atoms with Crippen LogP contribution >= 0.6 is 0 Å². The number of primary amides is 1. The number of rotatable bonds is 4. The zero-order valence-corrected chi connectivity index (χ0v) is 9.41. The van der Waals surface area contributed by atoms with Gasteiger partial charge >= 0.3 is 0 Å². The number of amides is 1. The van der Waals surface area contributed by atoms with E-state index in [1.54, 1.807) is 6.92 Å². The average Bonchev–Trinajstić information content (AvgIpc) is 2.69. The minimum Gasteiger partial charge on any atom is -0.424 e. The summed E-state index contributed by atoms with van der Waals surface area (Å²) < 4.78 is 5.27. The lowest BCUT2D eigenvalue weighted by molar-refractivity contribution is -0.384. The van der Waals surface area contributed by atoms with Crippen molar-refractivity contribution >= 4 is 28.7 Å². The maximum atomic E-state index is 10.9. The van der Waals surface area contributed by atoms with Gasteiger partial charge in [0.2, 0.25) is 5.91 Å². The summed E-state index contributed by atoms with van der Waals surface area (Å²) in [5.41, 5.74) is 5.73. The number of carbonyl (C=O) groups excluding carboxylic acids is 1. The number of nitro benzene ring substituents is 1. The second kappa shape index (κ2) is 4.32. The van der Waals surface area contributed by atoms with E-state index in [-0.39, 0.29) is 11.7 Å². The molecule has 18 heavy (non-hydrogen) atoms. The normalized spacial score (nSPS) is 12.3. The van der Waals surface area contributed by atoms with Crippen LogP contribution in [0, 0.1) is 10.1 Å². The minimum absolute atomic E-state index is 0.0784. The number of anilines is 1. The average molecular weight is 250 g/mol. The third kappa shape index (κ3) is 2.21. The second-order valence-electron chi connectivity index (χ2n) is 3.70. The first kappa shape index (κ1) is 11.8. The Morgan fingerprint density at radius 2 is 2.33 bits per heavy atom. The summed E-state index contributed by atoms with van der Waals surface area (Å²) >= 11 is 0. The maximum Gasteiger partial charge on any atom is 0.296 e. The largest absolute Gasteiger partial charge is 0.424 e. The highest BCUT2D eigenvalue weighted by Gasteiger charge is 2.14. The molecular formula is C10H10N4O4. The van der Waals surface area contributed by atoms with Crippen molar-refractivity contribution in [3.63, 3.8) is 0 Å². The first-order chi connectivity index (χ1) is 8.47. The fourth-order valence-electron chi connectivity index (χ4n) is 1.35. The third-order valence-electron chi connectivity index (χ3n) is 2.35. The van der Waals surface area contributed by atoms with Crippen LogP contribution in [0.25, 0.3) is 11.1 Å². The molecular weight excluding hydrogens is 240 g/mol. The monoisotopic (exact) mass is 250 g/mol. The first-order valence-electron chi connectivity index (χ1n) is 5.08. The van der Waals surface area contributed by atoms with Crippen LogP contribution in [-0.4, -0.2) is 21.9 Å². The highest BCUT2D eigenvalue weighted by atomic mass is 16.6. The molecule has 3 N–H and O–H groups in total. The van der Waals surface area contributed by atoms with Crippen molar-refractivity contribution < 1.29 is 14.1 Å². The van der Waals surface area contributed by atoms with Crippen LogP contribution in [0.2, 0.25) is 0 Å². The number of non-ortho nitro benzene ring substituents is 1. The second-order valence-corrected chi connectivity index (χ2v) is 3.70. The number of carbonyl (C=O) groups is 1. The number of aromatic nitrogens is 1. The van der Waals surface area contributed by atoms with E-state index < -0.39 is 16.9 Å². The van der Waals surface area contributed by atoms with Crippen molar-refractivity contribution in [3.05, 3.63) is 28.3 Å². The van der Waals surface area contributed by atoms with Gasteiger partial charge in [-0.3, -0.25) is 14.9 Å². The summed E-state index contributed by atoms with van der Waals surface area (Å²) in [4.78, 5) is 24.9. The van der Waals surface area contributed by atoms with E-state index >= 15 is 0 Å². The Balaban J connectivity index is 2.32. The molecule has 0 saturated heterocycles. The molecule has 0 saturated carbocycles. The Hall–Kier alpha value is -2.64. The van der Waals surface area contributed by atoms with Gasteiger partial charge in [-0.25, -0.2) is 0 Å². The smallest absolute Gasteiger partial charge is 0.296 e. The number of hydrogen-bond acceptors (Lipinski definition) is 6. The van der Waals surface area contributed by atoms with Crippen molar-refractivity contribution in [3.8, 4) is 0 Å². The third-order valence-corrected chi connectivity index (χ3v) is 2.35. The van der Waals surface area contributed by atoms with Crippen LogP contribution in [0.4, 0.5) is 11.7 Å². The van der Waals surface area contributed by atoms with Crippen molar-refractivity contribution in [1.82, 2.24) is 4.98 Å². The standard InChI is InChI=1S/C10H10N4O4/c1-5(9(11)15)12-10-13-7-4-6(14(16)17)2-3-8(7)18-10/h2-5H,1H3,(H2,11,15)(H,12,13). The van der Waals surface area contributed by atoms with Crippen LogP contribution in [0.1, 0.15) is 6.92 Å². The summed E-state index contributed by atoms with van der Waals surface area (Å²) in [6.07, 6.45) is 0. The molecule has 1 atom stereocenters. The van der Waals surface area contributed by atoms with Gasteiger partial charge in [0.1, 0.15) is 11.6 Å². The molecule has 1 heterocycles. The van der Waals surface area contributed by atoms with Crippen LogP contribution in [0.3, 0.4) is 0 Å². The molecule has 1 amide bonds. The predicted molar refractivity (Wildman–Crippen MR) is 62.9 cm³/mol. The van der Waals surface area contributed by atoms with Gasteiger partial charge in [0.25, 0.3) is 11.7 Å². The van der Waals surface area contributed by atoms with Gasteiger partial charge in [-0.1, -0.05) is 0 Å². The summed E-state index contributed by atoms with van der Waals surface area (Å²) in [5.74, 6) is -0.553. The topological polar surface area (TPSA) is 124 Å². The number of nitrogens with one attached hydrogen (secondary N) is 1. The Bertz CT molecular complexity index is 621. The SMILES string of the molecule is CC(Nc1nc2cc([N+](=O)[O-])ccc2o1)C(N)=O. The lowest BCUT2D eigenvalue weighted by Crippen LogP contribution is -2.32. The van der Waals surface area contributed by atoms with Gasteiger partial charge < -0.3 is 15.5 Å². The molecule has 8 heteroatoms. The zero-order chi connectivity index (χ0) is 13.3. The summed E-state index contributed by atoms with van der Waals surface area (Å²) in [7, 11) is 0. The van der Waals surface area contributed by atoms with E-state index in [2.05, 4.69) is 10.3 Å². The molecule has 0 aliphatic carbocycles. The molecule has 1 aromatic heterocycles. The fourth-order valence-corrected chi connectivity index (χ4v) is 1.35. The quantitative estimate of drug-likeness (QED) is 0.616. The highest BCUT2D eigenvalue weighted by molar-refractivity contribution is 5.82. The van der Waals surface area contributed by atoms with E-state index in [9.17, 15) is 14.9 Å². The first-order valence-corrected chi connectivity index (χ1v) is 5.08. The molecule has 0 radical (unpaired) electrons. The Morgan fingerprint density at radius 3 is 2.94 bits per heavy atom. The van der Waals surface area contributed by atoms with Gasteiger partial charge in [0.05, 0.1) is 4.92 Å². The lowest BCUT2D eigenvalue weighted by atomic mass is 10.3. The fraction of sp³-hybridized carbons (Fsp3) is 0.200. The number of benzene rings is 1. The molecule has 2 rings (SSSR count). The molecule has 1 aromatic carbocycles. The van der Waals surface area contributed by atoms with Gasteiger partial charge in [-0.05, 0) is 13.0 Å². The minimum atomic E-state index is -0.645. The summed E-state index contributed by atoms with van der Waals surface area (Å²) in [6.45, 7) is 1.56. The number of nitrogens with zero attached hydrogens (tertiary/aromatic N) is 2. The summed E-state index contributed by atoms with van der Waals surface area (Å²) in [5, 5.41) is 13.2. The number of fused-ring (bicyclic) bond motifs is 1. The van der Waals surface area contributed by atoms with Crippen molar-refractivity contribution in [2.75, 3.05) is 5.32 Å². The van der Waals surface area contributed by atoms with Crippen LogP contribution < -0.4 is 11.1 Å². The van der Waals surface area contributed by atoms with Crippen molar-refractivity contribution in [2.24, 2.45) is 5.73 Å². The molecule has 2 aromatic rings. The van der Waals surface area contributed by atoms with Crippen LogP contribution in [0.5, 0.6) is 0 Å². The van der Waals surface area contributed by atoms with Crippen LogP contribution in [-0.2, 0) is 4.79 Å². The maximum absolute atomic E-state index is 10.9. The molecule has 0 aliphatic rings. The number of oxazole rings is 1. The van der Waals surface area contributed by atoms with Gasteiger partial charge in [-0.2, -0.15) is 4.98 Å². The molecule has 0 bridgehead atoms. The molecule has 8 nitrogen and oxygen atoms in total. The van der Waals surface area contributed by atoms with E-state index in [4.69, 9.17) is 10.2 Å². The molecule has 1 unspecified atom stereocenters. The molecule has 0 fully saturated rings. The number of nitro groups is 1. The Kier molecular flexibility index (Phi) is 2.84. The van der Waals surface area contributed by atoms with Crippen molar-refractivity contribution in [1.29, 1.82) is 0 Å². The van der Waals surface area contributed by atoms with E-state index in [0.29, 0.717) is 11.1 Å². The van der Waals surface area contributed by atoms with Gasteiger partial charge in [0, 0.05) is 12.1 Å². The Labute approximate surface area is 101 Å². The van der Waals surface area contributed by atoms with Gasteiger partial charge in [0.15, 0.2) is 5.58 Å². The lowest BCUT2D eigenvalue weighted by Gasteiger charge is -2.05. The molecule has 0 aliphatic heterocycles. The predicted octanol–water partition coefficient (Wildman–Crippen LogP) is 1.02. The van der Waals surface area contributed by atoms with Gasteiger partial charge in [-0.15, -0.1) is 0 Å².